The number of morpholine rings is 1. The third-order valence-corrected chi connectivity index (χ3v) is 5.93. The van der Waals surface area contributed by atoms with Crippen molar-refractivity contribution in [3.8, 4) is 0 Å². The van der Waals surface area contributed by atoms with Gasteiger partial charge in [-0.2, -0.15) is 0 Å². The highest BCUT2D eigenvalue weighted by Crippen LogP contribution is 2.35. The Morgan fingerprint density at radius 3 is 2.38 bits per heavy atom. The first-order chi connectivity index (χ1) is 16.5. The predicted octanol–water partition coefficient (Wildman–Crippen LogP) is 3.49. The Morgan fingerprint density at radius 2 is 1.74 bits per heavy atom. The molecule has 2 aromatic carbocycles. The zero-order chi connectivity index (χ0) is 24.1. The minimum absolute atomic E-state index is 0.0756. The van der Waals surface area contributed by atoms with Crippen LogP contribution >= 0.6 is 0 Å². The average molecular weight is 470 g/mol. The van der Waals surface area contributed by atoms with Crippen LogP contribution in [0.4, 0.5) is 14.9 Å². The van der Waals surface area contributed by atoms with Crippen molar-refractivity contribution >= 4 is 23.6 Å². The maximum atomic E-state index is 13.5. The highest BCUT2D eigenvalue weighted by Gasteiger charge is 2.48. The lowest BCUT2D eigenvalue weighted by molar-refractivity contribution is -0.141. The topological polar surface area (TPSA) is 88.2 Å². The van der Waals surface area contributed by atoms with E-state index in [4.69, 9.17) is 9.47 Å². The quantitative estimate of drug-likeness (QED) is 0.671. The van der Waals surface area contributed by atoms with Crippen molar-refractivity contribution in [1.29, 1.82) is 0 Å². The van der Waals surface area contributed by atoms with Crippen LogP contribution in [-0.4, -0.2) is 60.1 Å². The number of benzene rings is 2. The molecule has 34 heavy (non-hydrogen) atoms. The first-order valence-electron chi connectivity index (χ1n) is 11.4. The van der Waals surface area contributed by atoms with Gasteiger partial charge in [0.25, 0.3) is 0 Å². The maximum absolute atomic E-state index is 13.5. The molecule has 0 aliphatic carbocycles. The van der Waals surface area contributed by atoms with Crippen LogP contribution in [0.25, 0.3) is 0 Å². The number of carbonyl (C=O) groups is 3. The summed E-state index contributed by atoms with van der Waals surface area (Å²) in [4.78, 5) is 41.4. The SMILES string of the molecule is CCCC(=O)Nc1ccc(C2OC(=O)N(Cc3ccc(F)cc3)C2C(=O)N2CCOCC2)cc1. The van der Waals surface area contributed by atoms with Crippen LogP contribution in [0.1, 0.15) is 37.0 Å². The second-order valence-electron chi connectivity index (χ2n) is 8.36. The Labute approximate surface area is 197 Å². The second-order valence-corrected chi connectivity index (χ2v) is 8.36. The van der Waals surface area contributed by atoms with Crippen molar-refractivity contribution in [2.24, 2.45) is 0 Å². The molecule has 9 heteroatoms. The molecule has 0 aromatic heterocycles. The lowest BCUT2D eigenvalue weighted by Gasteiger charge is -2.32. The standard InChI is InChI=1S/C25H28FN3O5/c1-2-3-21(30)27-20-10-6-18(7-11-20)23-22(24(31)28-12-14-33-15-13-28)29(25(32)34-23)16-17-4-8-19(26)9-5-17/h4-11,22-23H,2-3,12-16H2,1H3,(H,27,30). The molecule has 4 rings (SSSR count). The number of cyclic esters (lactones) is 1. The highest BCUT2D eigenvalue weighted by molar-refractivity contribution is 5.91. The fourth-order valence-corrected chi connectivity index (χ4v) is 4.16. The van der Waals surface area contributed by atoms with Gasteiger partial charge in [-0.15, -0.1) is 0 Å². The molecule has 2 saturated heterocycles. The van der Waals surface area contributed by atoms with E-state index in [0.717, 1.165) is 6.42 Å². The fraction of sp³-hybridized carbons (Fsp3) is 0.400. The van der Waals surface area contributed by atoms with E-state index in [0.29, 0.717) is 49.5 Å². The third-order valence-electron chi connectivity index (χ3n) is 5.93. The lowest BCUT2D eigenvalue weighted by atomic mass is 9.99. The van der Waals surface area contributed by atoms with Gasteiger partial charge in [-0.05, 0) is 41.8 Å². The van der Waals surface area contributed by atoms with E-state index >= 15 is 0 Å². The van der Waals surface area contributed by atoms with E-state index in [1.54, 1.807) is 41.3 Å². The Morgan fingerprint density at radius 1 is 1.06 bits per heavy atom. The molecule has 0 spiro atoms. The minimum atomic E-state index is -0.879. The number of halogens is 1. The third kappa shape index (κ3) is 5.36. The number of hydrogen-bond acceptors (Lipinski definition) is 5. The molecule has 0 radical (unpaired) electrons. The van der Waals surface area contributed by atoms with Crippen molar-refractivity contribution in [2.45, 2.75) is 38.5 Å². The smallest absolute Gasteiger partial charge is 0.411 e. The van der Waals surface area contributed by atoms with Gasteiger partial charge in [-0.25, -0.2) is 9.18 Å². The van der Waals surface area contributed by atoms with Crippen molar-refractivity contribution in [2.75, 3.05) is 31.6 Å². The molecule has 2 heterocycles. The lowest BCUT2D eigenvalue weighted by Crippen LogP contribution is -2.51. The normalized spacial score (nSPS) is 20.2. The Hall–Kier alpha value is -3.46. The monoisotopic (exact) mass is 469 g/mol. The van der Waals surface area contributed by atoms with Crippen molar-refractivity contribution in [3.63, 3.8) is 0 Å². The van der Waals surface area contributed by atoms with E-state index in [-0.39, 0.29) is 24.2 Å². The fourth-order valence-electron chi connectivity index (χ4n) is 4.16. The molecule has 180 valence electrons. The van der Waals surface area contributed by atoms with Crippen LogP contribution in [0.3, 0.4) is 0 Å². The molecule has 2 aliphatic heterocycles. The van der Waals surface area contributed by atoms with E-state index in [2.05, 4.69) is 5.32 Å². The number of nitrogens with zero attached hydrogens (tertiary/aromatic N) is 2. The van der Waals surface area contributed by atoms with Gasteiger partial charge in [0.2, 0.25) is 11.8 Å². The largest absolute Gasteiger partial charge is 0.438 e. The molecular formula is C25H28FN3O5. The van der Waals surface area contributed by atoms with Crippen molar-refractivity contribution in [1.82, 2.24) is 9.80 Å². The highest BCUT2D eigenvalue weighted by atomic mass is 19.1. The number of hydrogen-bond donors (Lipinski definition) is 1. The van der Waals surface area contributed by atoms with Gasteiger partial charge in [-0.1, -0.05) is 31.2 Å². The summed E-state index contributed by atoms with van der Waals surface area (Å²) in [5.41, 5.74) is 1.97. The summed E-state index contributed by atoms with van der Waals surface area (Å²) < 4.78 is 24.4. The Bertz CT molecular complexity index is 1020. The van der Waals surface area contributed by atoms with E-state index in [1.807, 2.05) is 6.92 Å². The van der Waals surface area contributed by atoms with Gasteiger partial charge in [0.1, 0.15) is 5.82 Å². The van der Waals surface area contributed by atoms with Crippen molar-refractivity contribution in [3.05, 3.63) is 65.5 Å². The number of nitrogens with one attached hydrogen (secondary N) is 1. The molecular weight excluding hydrogens is 441 g/mol. The van der Waals surface area contributed by atoms with Gasteiger partial charge < -0.3 is 19.7 Å². The summed E-state index contributed by atoms with van der Waals surface area (Å²) in [5.74, 6) is -0.673. The number of carbonyl (C=O) groups excluding carboxylic acids is 3. The average Bonchev–Trinajstić information content (AvgIpc) is 3.17. The van der Waals surface area contributed by atoms with Gasteiger partial charge in [-0.3, -0.25) is 14.5 Å². The van der Waals surface area contributed by atoms with Gasteiger partial charge in [0, 0.05) is 25.2 Å². The summed E-state index contributed by atoms with van der Waals surface area (Å²) in [6.45, 7) is 3.78. The number of anilines is 1. The zero-order valence-electron chi connectivity index (χ0n) is 19.0. The number of rotatable bonds is 7. The molecule has 8 nitrogen and oxygen atoms in total. The molecule has 2 atom stereocenters. The number of ether oxygens (including phenoxy) is 2. The summed E-state index contributed by atoms with van der Waals surface area (Å²) in [7, 11) is 0. The second kappa shape index (κ2) is 10.6. The first kappa shape index (κ1) is 23.7. The maximum Gasteiger partial charge on any atom is 0.411 e. The van der Waals surface area contributed by atoms with E-state index in [1.165, 1.54) is 17.0 Å². The molecule has 2 fully saturated rings. The number of amides is 3. The van der Waals surface area contributed by atoms with Crippen LogP contribution < -0.4 is 5.32 Å². The molecule has 0 saturated carbocycles. The summed E-state index contributed by atoms with van der Waals surface area (Å²) in [6.07, 6.45) is -0.252. The Balaban J connectivity index is 1.59. The van der Waals surface area contributed by atoms with E-state index < -0.39 is 18.2 Å². The molecule has 3 amide bonds. The van der Waals surface area contributed by atoms with Gasteiger partial charge in [0.15, 0.2) is 12.1 Å². The molecule has 2 aromatic rings. The van der Waals surface area contributed by atoms with Crippen LogP contribution in [0.5, 0.6) is 0 Å². The first-order valence-corrected chi connectivity index (χ1v) is 11.4. The zero-order valence-corrected chi connectivity index (χ0v) is 19.0. The van der Waals surface area contributed by atoms with Crippen LogP contribution in [0.2, 0.25) is 0 Å². The van der Waals surface area contributed by atoms with Crippen LogP contribution in [0.15, 0.2) is 48.5 Å². The Kier molecular flexibility index (Phi) is 7.42. The van der Waals surface area contributed by atoms with E-state index in [9.17, 15) is 18.8 Å². The van der Waals surface area contributed by atoms with Crippen LogP contribution in [-0.2, 0) is 25.6 Å². The minimum Gasteiger partial charge on any atom is -0.438 e. The molecule has 2 aliphatic rings. The predicted molar refractivity (Wildman–Crippen MR) is 122 cm³/mol. The molecule has 1 N–H and O–H groups in total. The summed E-state index contributed by atoms with van der Waals surface area (Å²) in [6, 6.07) is 11.9. The van der Waals surface area contributed by atoms with Gasteiger partial charge in [0.05, 0.1) is 19.8 Å². The summed E-state index contributed by atoms with van der Waals surface area (Å²) >= 11 is 0. The van der Waals surface area contributed by atoms with Gasteiger partial charge >= 0.3 is 6.09 Å². The van der Waals surface area contributed by atoms with Crippen molar-refractivity contribution < 1.29 is 28.2 Å². The molecule has 2 unspecified atom stereocenters. The summed E-state index contributed by atoms with van der Waals surface area (Å²) in [5, 5.41) is 2.82. The molecule has 0 bridgehead atoms. The van der Waals surface area contributed by atoms with Crippen LogP contribution in [0, 0.1) is 5.82 Å².